The molecule has 0 atom stereocenters. The molecule has 0 aromatic heterocycles. The summed E-state index contributed by atoms with van der Waals surface area (Å²) in [6.45, 7) is 6.30. The lowest BCUT2D eigenvalue weighted by atomic mass is 10.1. The first-order valence-corrected chi connectivity index (χ1v) is 6.78. The summed E-state index contributed by atoms with van der Waals surface area (Å²) in [7, 11) is 0. The van der Waals surface area contributed by atoms with Gasteiger partial charge < -0.3 is 11.1 Å². The zero-order chi connectivity index (χ0) is 15.6. The summed E-state index contributed by atoms with van der Waals surface area (Å²) in [6.07, 6.45) is 0. The van der Waals surface area contributed by atoms with Gasteiger partial charge in [-0.05, 0) is 38.5 Å². The Bertz CT molecular complexity index is 675. The number of rotatable bonds is 4. The third-order valence-corrected chi connectivity index (χ3v) is 3.39. The molecule has 0 saturated carbocycles. The largest absolute Gasteiger partial charge is 0.381 e. The van der Waals surface area contributed by atoms with Crippen LogP contribution in [0.4, 0.5) is 10.1 Å². The molecule has 110 valence electrons. The summed E-state index contributed by atoms with van der Waals surface area (Å²) in [5.41, 5.74) is 9.92. The van der Waals surface area contributed by atoms with Gasteiger partial charge in [-0.3, -0.25) is 4.79 Å². The first-order chi connectivity index (χ1) is 9.86. The van der Waals surface area contributed by atoms with Crippen LogP contribution in [0, 0.1) is 26.6 Å². The van der Waals surface area contributed by atoms with E-state index in [1.54, 1.807) is 13.0 Å². The summed E-state index contributed by atoms with van der Waals surface area (Å²) < 4.78 is 13.8. The Balaban J connectivity index is 2.25. The van der Waals surface area contributed by atoms with Crippen LogP contribution in [0.1, 0.15) is 32.6 Å². The summed E-state index contributed by atoms with van der Waals surface area (Å²) in [6, 6.07) is 9.00. The number of halogens is 1. The van der Waals surface area contributed by atoms with E-state index >= 15 is 0 Å². The normalized spacial score (nSPS) is 10.5. The molecule has 0 fully saturated rings. The van der Waals surface area contributed by atoms with Crippen LogP contribution in [0.15, 0.2) is 30.3 Å². The van der Waals surface area contributed by atoms with Gasteiger partial charge in [-0.15, -0.1) is 0 Å². The Morgan fingerprint density at radius 1 is 1.10 bits per heavy atom. The molecule has 4 heteroatoms. The lowest BCUT2D eigenvalue weighted by molar-refractivity contribution is 0.1000. The lowest BCUT2D eigenvalue weighted by Gasteiger charge is -2.12. The standard InChI is InChI=1S/C17H19FN2O/c1-10-4-11(2)6-13(5-10)9-20-16-8-14(17(19)21)7-15(18)12(16)3/h4-8,20H,9H2,1-3H3,(H2,19,21). The van der Waals surface area contributed by atoms with E-state index in [4.69, 9.17) is 5.73 Å². The number of carbonyl (C=O) groups excluding carboxylic acids is 1. The molecule has 0 saturated heterocycles. The fraction of sp³-hybridized carbons (Fsp3) is 0.235. The van der Waals surface area contributed by atoms with Crippen molar-refractivity contribution in [1.82, 2.24) is 0 Å². The maximum atomic E-state index is 13.8. The number of amides is 1. The first-order valence-electron chi connectivity index (χ1n) is 6.78. The summed E-state index contributed by atoms with van der Waals surface area (Å²) in [4.78, 5) is 11.2. The van der Waals surface area contributed by atoms with Gasteiger partial charge in [0.05, 0.1) is 0 Å². The van der Waals surface area contributed by atoms with Gasteiger partial charge in [0, 0.05) is 23.4 Å². The highest BCUT2D eigenvalue weighted by Gasteiger charge is 2.10. The third kappa shape index (κ3) is 3.60. The van der Waals surface area contributed by atoms with Gasteiger partial charge in [0.2, 0.25) is 5.91 Å². The molecular weight excluding hydrogens is 267 g/mol. The fourth-order valence-corrected chi connectivity index (χ4v) is 2.37. The summed E-state index contributed by atoms with van der Waals surface area (Å²) in [5, 5.41) is 3.17. The average Bonchev–Trinajstić information content (AvgIpc) is 2.39. The molecular formula is C17H19FN2O. The maximum Gasteiger partial charge on any atom is 0.248 e. The third-order valence-electron chi connectivity index (χ3n) is 3.39. The number of nitrogens with two attached hydrogens (primary N) is 1. The number of primary amides is 1. The van der Waals surface area contributed by atoms with Gasteiger partial charge in [-0.25, -0.2) is 4.39 Å². The van der Waals surface area contributed by atoms with Crippen LogP contribution < -0.4 is 11.1 Å². The van der Waals surface area contributed by atoms with Crippen LogP contribution in [0.3, 0.4) is 0 Å². The Hall–Kier alpha value is -2.36. The Kier molecular flexibility index (Phi) is 4.26. The molecule has 0 bridgehead atoms. The number of aryl methyl sites for hydroxylation is 2. The van der Waals surface area contributed by atoms with Gasteiger partial charge in [0.1, 0.15) is 5.82 Å². The van der Waals surface area contributed by atoms with Crippen LogP contribution in [0.25, 0.3) is 0 Å². The van der Waals surface area contributed by atoms with E-state index in [2.05, 4.69) is 23.5 Å². The number of benzene rings is 2. The summed E-state index contributed by atoms with van der Waals surface area (Å²) in [5.74, 6) is -1.07. The quantitative estimate of drug-likeness (QED) is 0.904. The van der Waals surface area contributed by atoms with Crippen molar-refractivity contribution >= 4 is 11.6 Å². The maximum absolute atomic E-state index is 13.8. The van der Waals surface area contributed by atoms with Gasteiger partial charge >= 0.3 is 0 Å². The predicted molar refractivity (Wildman–Crippen MR) is 82.9 cm³/mol. The second-order valence-electron chi connectivity index (χ2n) is 5.34. The van der Waals surface area contributed by atoms with Crippen LogP contribution in [0.5, 0.6) is 0 Å². The highest BCUT2D eigenvalue weighted by atomic mass is 19.1. The molecule has 1 amide bonds. The number of hydrogen-bond acceptors (Lipinski definition) is 2. The molecule has 0 aliphatic heterocycles. The van der Waals surface area contributed by atoms with Gasteiger partial charge in [0.15, 0.2) is 0 Å². The van der Waals surface area contributed by atoms with E-state index in [0.717, 1.165) is 5.56 Å². The lowest BCUT2D eigenvalue weighted by Crippen LogP contribution is -2.13. The van der Waals surface area contributed by atoms with Gasteiger partial charge in [-0.1, -0.05) is 29.3 Å². The van der Waals surface area contributed by atoms with Crippen LogP contribution in [-0.2, 0) is 6.54 Å². The average molecular weight is 286 g/mol. The minimum atomic E-state index is -0.636. The zero-order valence-electron chi connectivity index (χ0n) is 12.5. The Labute approximate surface area is 124 Å². The van der Waals surface area contributed by atoms with E-state index in [9.17, 15) is 9.18 Å². The minimum absolute atomic E-state index is 0.168. The van der Waals surface area contributed by atoms with Crippen LogP contribution in [-0.4, -0.2) is 5.91 Å². The second-order valence-corrected chi connectivity index (χ2v) is 5.34. The second kappa shape index (κ2) is 5.95. The van der Waals surface area contributed by atoms with Gasteiger partial charge in [-0.2, -0.15) is 0 Å². The van der Waals surface area contributed by atoms with Gasteiger partial charge in [0.25, 0.3) is 0 Å². The molecule has 3 nitrogen and oxygen atoms in total. The molecule has 2 aromatic rings. The SMILES string of the molecule is Cc1cc(C)cc(CNc2cc(C(N)=O)cc(F)c2C)c1. The van der Waals surface area contributed by atoms with Crippen LogP contribution in [0.2, 0.25) is 0 Å². The van der Waals surface area contributed by atoms with E-state index in [1.165, 1.54) is 17.2 Å². The van der Waals surface area contributed by atoms with Crippen molar-refractivity contribution in [3.05, 3.63) is 64.0 Å². The van der Waals surface area contributed by atoms with E-state index in [1.807, 2.05) is 13.8 Å². The molecule has 0 aliphatic rings. The predicted octanol–water partition coefficient (Wildman–Crippen LogP) is 3.46. The van der Waals surface area contributed by atoms with E-state index in [0.29, 0.717) is 17.8 Å². The number of anilines is 1. The highest BCUT2D eigenvalue weighted by Crippen LogP contribution is 2.21. The number of nitrogens with one attached hydrogen (secondary N) is 1. The Morgan fingerprint density at radius 3 is 2.29 bits per heavy atom. The molecule has 0 heterocycles. The van der Waals surface area contributed by atoms with Crippen molar-refractivity contribution in [3.8, 4) is 0 Å². The molecule has 0 unspecified atom stereocenters. The topological polar surface area (TPSA) is 55.1 Å². The molecule has 0 aliphatic carbocycles. The molecule has 21 heavy (non-hydrogen) atoms. The van der Waals surface area contributed by atoms with Crippen molar-refractivity contribution < 1.29 is 9.18 Å². The van der Waals surface area contributed by atoms with Crippen molar-refractivity contribution in [2.45, 2.75) is 27.3 Å². The Morgan fingerprint density at radius 2 is 1.71 bits per heavy atom. The number of carbonyl (C=O) groups is 1. The molecule has 3 N–H and O–H groups in total. The first kappa shape index (κ1) is 15.0. The minimum Gasteiger partial charge on any atom is -0.381 e. The molecule has 2 aromatic carbocycles. The molecule has 0 spiro atoms. The monoisotopic (exact) mass is 286 g/mol. The number of hydrogen-bond donors (Lipinski definition) is 2. The van der Waals surface area contributed by atoms with E-state index < -0.39 is 11.7 Å². The summed E-state index contributed by atoms with van der Waals surface area (Å²) >= 11 is 0. The smallest absolute Gasteiger partial charge is 0.248 e. The van der Waals surface area contributed by atoms with Crippen molar-refractivity contribution in [1.29, 1.82) is 0 Å². The van der Waals surface area contributed by atoms with Crippen LogP contribution >= 0.6 is 0 Å². The fourth-order valence-electron chi connectivity index (χ4n) is 2.37. The van der Waals surface area contributed by atoms with E-state index in [-0.39, 0.29) is 5.56 Å². The van der Waals surface area contributed by atoms with Crippen molar-refractivity contribution in [2.24, 2.45) is 5.73 Å². The van der Waals surface area contributed by atoms with Crippen molar-refractivity contribution in [2.75, 3.05) is 5.32 Å². The molecule has 2 rings (SSSR count). The zero-order valence-corrected chi connectivity index (χ0v) is 12.5. The van der Waals surface area contributed by atoms with Crippen molar-refractivity contribution in [3.63, 3.8) is 0 Å². The molecule has 0 radical (unpaired) electrons. The highest BCUT2D eigenvalue weighted by molar-refractivity contribution is 5.94.